The van der Waals surface area contributed by atoms with Gasteiger partial charge in [0.05, 0.1) is 11.8 Å². The quantitative estimate of drug-likeness (QED) is 0.603. The molecule has 1 saturated heterocycles. The summed E-state index contributed by atoms with van der Waals surface area (Å²) >= 11 is 3.02. The van der Waals surface area contributed by atoms with Gasteiger partial charge >= 0.3 is 0 Å². The van der Waals surface area contributed by atoms with Crippen LogP contribution in [0.25, 0.3) is 11.5 Å². The number of carbonyl (C=O) groups is 1. The van der Waals surface area contributed by atoms with Crippen LogP contribution in [0.4, 0.5) is 0 Å². The number of aromatic nitrogens is 2. The zero-order chi connectivity index (χ0) is 17.9. The minimum atomic E-state index is 0.126. The number of hydrogen-bond donors (Lipinski definition) is 0. The second-order valence-electron chi connectivity index (χ2n) is 6.29. The van der Waals surface area contributed by atoms with Gasteiger partial charge in [-0.3, -0.25) is 4.79 Å². The molecule has 2 aromatic heterocycles. The second kappa shape index (κ2) is 7.63. The minimum Gasteiger partial charge on any atom is -0.411 e. The van der Waals surface area contributed by atoms with Crippen LogP contribution in [-0.2, 0) is 4.79 Å². The molecule has 3 heterocycles. The van der Waals surface area contributed by atoms with Crippen LogP contribution in [0.2, 0.25) is 0 Å². The first-order chi connectivity index (χ1) is 12.7. The largest absolute Gasteiger partial charge is 0.411 e. The molecule has 5 nitrogen and oxygen atoms in total. The van der Waals surface area contributed by atoms with Gasteiger partial charge in [-0.2, -0.15) is 0 Å². The van der Waals surface area contributed by atoms with Crippen LogP contribution in [0.15, 0.2) is 51.4 Å². The van der Waals surface area contributed by atoms with Gasteiger partial charge in [-0.1, -0.05) is 35.5 Å². The Kier molecular flexibility index (Phi) is 5.08. The summed E-state index contributed by atoms with van der Waals surface area (Å²) in [5.41, 5.74) is 2.07. The Morgan fingerprint density at radius 2 is 2.15 bits per heavy atom. The summed E-state index contributed by atoms with van der Waals surface area (Å²) in [6.45, 7) is 2.85. The molecule has 0 spiro atoms. The van der Waals surface area contributed by atoms with Crippen LogP contribution in [0.1, 0.15) is 29.3 Å². The molecule has 134 valence electrons. The maximum Gasteiger partial charge on any atom is 0.277 e. The molecule has 0 bridgehead atoms. The maximum absolute atomic E-state index is 12.7. The second-order valence-corrected chi connectivity index (χ2v) is 8.19. The monoisotopic (exact) mass is 385 g/mol. The first-order valence-electron chi connectivity index (χ1n) is 8.57. The van der Waals surface area contributed by atoms with Crippen molar-refractivity contribution in [2.75, 3.05) is 12.3 Å². The molecular formula is C19H19N3O2S2. The third-order valence-corrected chi connectivity index (χ3v) is 6.25. The predicted molar refractivity (Wildman–Crippen MR) is 103 cm³/mol. The summed E-state index contributed by atoms with van der Waals surface area (Å²) in [7, 11) is 0. The number of benzene rings is 1. The third kappa shape index (κ3) is 3.68. The molecule has 1 atom stereocenters. The Bertz CT molecular complexity index is 875. The summed E-state index contributed by atoms with van der Waals surface area (Å²) in [5, 5.41) is 10.6. The van der Waals surface area contributed by atoms with Gasteiger partial charge in [0.1, 0.15) is 0 Å². The van der Waals surface area contributed by atoms with E-state index in [4.69, 9.17) is 4.42 Å². The molecule has 1 fully saturated rings. The molecular weight excluding hydrogens is 366 g/mol. The molecule has 1 aliphatic rings. The van der Waals surface area contributed by atoms with E-state index < -0.39 is 0 Å². The van der Waals surface area contributed by atoms with Crippen molar-refractivity contribution in [3.05, 3.63) is 52.2 Å². The molecule has 3 aromatic rings. The van der Waals surface area contributed by atoms with E-state index >= 15 is 0 Å². The molecule has 0 radical (unpaired) electrons. The number of carbonyl (C=O) groups excluding carboxylic acids is 1. The highest BCUT2D eigenvalue weighted by Gasteiger charge is 2.30. The topological polar surface area (TPSA) is 59.2 Å². The Hall–Kier alpha value is -2.12. The molecule has 1 amide bonds. The fourth-order valence-electron chi connectivity index (χ4n) is 3.13. The van der Waals surface area contributed by atoms with Crippen LogP contribution >= 0.6 is 23.1 Å². The fourth-order valence-corrected chi connectivity index (χ4v) is 4.65. The number of hydrogen-bond acceptors (Lipinski definition) is 6. The van der Waals surface area contributed by atoms with E-state index in [0.29, 0.717) is 16.9 Å². The van der Waals surface area contributed by atoms with Crippen molar-refractivity contribution in [3.8, 4) is 11.5 Å². The molecule has 1 aromatic carbocycles. The van der Waals surface area contributed by atoms with Gasteiger partial charge in [0.2, 0.25) is 11.8 Å². The van der Waals surface area contributed by atoms with E-state index in [2.05, 4.69) is 21.6 Å². The van der Waals surface area contributed by atoms with E-state index in [1.54, 1.807) is 11.3 Å². The highest BCUT2D eigenvalue weighted by molar-refractivity contribution is 7.99. The lowest BCUT2D eigenvalue weighted by Gasteiger charge is -2.23. The van der Waals surface area contributed by atoms with Gasteiger partial charge in [-0.25, -0.2) is 0 Å². The maximum atomic E-state index is 12.7. The van der Waals surface area contributed by atoms with Gasteiger partial charge in [-0.15, -0.1) is 21.5 Å². The normalized spacial score (nSPS) is 17.0. The van der Waals surface area contributed by atoms with Crippen LogP contribution < -0.4 is 0 Å². The number of nitrogens with zero attached hydrogens (tertiary/aromatic N) is 3. The first-order valence-corrected chi connectivity index (χ1v) is 10.4. The molecule has 0 aliphatic carbocycles. The van der Waals surface area contributed by atoms with Gasteiger partial charge < -0.3 is 9.32 Å². The Morgan fingerprint density at radius 1 is 1.31 bits per heavy atom. The van der Waals surface area contributed by atoms with Crippen LogP contribution in [0.3, 0.4) is 0 Å². The number of aryl methyl sites for hydroxylation is 1. The molecule has 0 N–H and O–H groups in total. The summed E-state index contributed by atoms with van der Waals surface area (Å²) in [5.74, 6) is 0.927. The van der Waals surface area contributed by atoms with Crippen molar-refractivity contribution in [1.82, 2.24) is 15.1 Å². The number of rotatable bonds is 5. The van der Waals surface area contributed by atoms with Crippen molar-refractivity contribution in [1.29, 1.82) is 0 Å². The van der Waals surface area contributed by atoms with Crippen molar-refractivity contribution < 1.29 is 9.21 Å². The summed E-state index contributed by atoms with van der Waals surface area (Å²) in [6, 6.07) is 12.3. The summed E-state index contributed by atoms with van der Waals surface area (Å²) in [4.78, 5) is 15.9. The van der Waals surface area contributed by atoms with E-state index in [1.165, 1.54) is 22.2 Å². The number of thiophene rings is 1. The van der Waals surface area contributed by atoms with Crippen LogP contribution in [0.5, 0.6) is 0 Å². The van der Waals surface area contributed by atoms with Gasteiger partial charge in [0.25, 0.3) is 5.22 Å². The lowest BCUT2D eigenvalue weighted by atomic mass is 10.1. The first kappa shape index (κ1) is 17.3. The van der Waals surface area contributed by atoms with Gasteiger partial charge in [0, 0.05) is 17.0 Å². The number of amides is 1. The fraction of sp³-hybridized carbons (Fsp3) is 0.316. The van der Waals surface area contributed by atoms with Gasteiger partial charge in [-0.05, 0) is 43.3 Å². The highest BCUT2D eigenvalue weighted by atomic mass is 32.2. The molecule has 1 unspecified atom stereocenters. The van der Waals surface area contributed by atoms with E-state index in [0.717, 1.165) is 24.9 Å². The number of likely N-dealkylation sites (tertiary alicyclic amines) is 1. The van der Waals surface area contributed by atoms with E-state index in [9.17, 15) is 4.79 Å². The van der Waals surface area contributed by atoms with Crippen molar-refractivity contribution in [3.63, 3.8) is 0 Å². The van der Waals surface area contributed by atoms with Crippen molar-refractivity contribution >= 4 is 29.0 Å². The van der Waals surface area contributed by atoms with Gasteiger partial charge in [0.15, 0.2) is 0 Å². The third-order valence-electron chi connectivity index (χ3n) is 4.47. The van der Waals surface area contributed by atoms with E-state index in [1.807, 2.05) is 42.2 Å². The molecule has 7 heteroatoms. The Labute approximate surface area is 160 Å². The predicted octanol–water partition coefficient (Wildman–Crippen LogP) is 4.56. The smallest absolute Gasteiger partial charge is 0.277 e. The molecule has 26 heavy (non-hydrogen) atoms. The lowest BCUT2D eigenvalue weighted by molar-refractivity contribution is -0.129. The van der Waals surface area contributed by atoms with Crippen LogP contribution in [-0.4, -0.2) is 33.3 Å². The summed E-state index contributed by atoms with van der Waals surface area (Å²) in [6.07, 6.45) is 2.09. The van der Waals surface area contributed by atoms with Crippen LogP contribution in [0, 0.1) is 6.92 Å². The SMILES string of the molecule is Cc1ccc(-c2nnc(SCC(=O)N3CCCC3c3cccs3)o2)cc1. The zero-order valence-corrected chi connectivity index (χ0v) is 16.1. The average molecular weight is 386 g/mol. The molecule has 1 aliphatic heterocycles. The van der Waals surface area contributed by atoms with E-state index in [-0.39, 0.29) is 11.9 Å². The summed E-state index contributed by atoms with van der Waals surface area (Å²) < 4.78 is 5.69. The van der Waals surface area contributed by atoms with Crippen molar-refractivity contribution in [2.45, 2.75) is 31.0 Å². The minimum absolute atomic E-state index is 0.126. The standard InChI is InChI=1S/C19H19N3O2S2/c1-13-6-8-14(9-7-13)18-20-21-19(24-18)26-12-17(23)22-10-2-4-15(22)16-5-3-11-25-16/h3,5-9,11,15H,2,4,10,12H2,1H3. The highest BCUT2D eigenvalue weighted by Crippen LogP contribution is 2.35. The van der Waals surface area contributed by atoms with Crippen molar-refractivity contribution in [2.24, 2.45) is 0 Å². The lowest BCUT2D eigenvalue weighted by Crippen LogP contribution is -2.31. The zero-order valence-electron chi connectivity index (χ0n) is 14.4. The molecule has 0 saturated carbocycles. The average Bonchev–Trinajstić information content (AvgIpc) is 3.40. The Morgan fingerprint density at radius 3 is 2.92 bits per heavy atom. The Balaban J connectivity index is 1.38. The molecule has 4 rings (SSSR count). The number of thioether (sulfide) groups is 1.